The number of rotatable bonds is 3. The summed E-state index contributed by atoms with van der Waals surface area (Å²) in [4.78, 5) is 24.2. The molecule has 1 aromatic heterocycles. The molecule has 1 heterocycles. The summed E-state index contributed by atoms with van der Waals surface area (Å²) in [5, 5.41) is 10.5. The van der Waals surface area contributed by atoms with Crippen LogP contribution in [0.5, 0.6) is 0 Å². The molecule has 2 aliphatic rings. The van der Waals surface area contributed by atoms with Gasteiger partial charge in [0.15, 0.2) is 5.69 Å². The maximum absolute atomic E-state index is 12.4. The number of aromatic amines is 1. The van der Waals surface area contributed by atoms with E-state index in [0.29, 0.717) is 22.4 Å². The van der Waals surface area contributed by atoms with Gasteiger partial charge in [-0.3, -0.25) is 9.59 Å². The second-order valence-corrected chi connectivity index (χ2v) is 6.59. The first kappa shape index (κ1) is 13.5. The van der Waals surface area contributed by atoms with Crippen LogP contribution in [-0.2, 0) is 0 Å². The SMILES string of the molecule is O=C(NC[C@@H]1C[C@@H]2CC[C@@H]1C2)c1n[nH]c(=O)c2ccccc12. The number of benzene rings is 1. The number of hydrogen-bond donors (Lipinski definition) is 2. The zero-order chi connectivity index (χ0) is 15.1. The van der Waals surface area contributed by atoms with Crippen molar-refractivity contribution in [1.29, 1.82) is 0 Å². The van der Waals surface area contributed by atoms with Gasteiger partial charge in [-0.1, -0.05) is 24.6 Å². The summed E-state index contributed by atoms with van der Waals surface area (Å²) in [6, 6.07) is 7.08. The van der Waals surface area contributed by atoms with Crippen LogP contribution in [0.2, 0.25) is 0 Å². The third-order valence-corrected chi connectivity index (χ3v) is 5.32. The maximum Gasteiger partial charge on any atom is 0.272 e. The van der Waals surface area contributed by atoms with Crippen LogP contribution in [0.1, 0.15) is 36.2 Å². The number of fused-ring (bicyclic) bond motifs is 3. The molecule has 2 saturated carbocycles. The number of amides is 1. The highest BCUT2D eigenvalue weighted by molar-refractivity contribution is 6.04. The van der Waals surface area contributed by atoms with Crippen LogP contribution in [0.3, 0.4) is 0 Å². The highest BCUT2D eigenvalue weighted by atomic mass is 16.2. The first-order chi connectivity index (χ1) is 10.7. The van der Waals surface area contributed by atoms with Crippen LogP contribution in [0, 0.1) is 17.8 Å². The van der Waals surface area contributed by atoms with Crippen LogP contribution in [0.4, 0.5) is 0 Å². The number of H-pyrrole nitrogens is 1. The van der Waals surface area contributed by atoms with Crippen LogP contribution >= 0.6 is 0 Å². The minimum atomic E-state index is -0.264. The molecular weight excluding hydrogens is 278 g/mol. The third-order valence-electron chi connectivity index (χ3n) is 5.32. The molecule has 0 unspecified atom stereocenters. The highest BCUT2D eigenvalue weighted by Gasteiger charge is 2.39. The summed E-state index contributed by atoms with van der Waals surface area (Å²) in [7, 11) is 0. The molecule has 0 saturated heterocycles. The predicted octanol–water partition coefficient (Wildman–Crippen LogP) is 2.09. The largest absolute Gasteiger partial charge is 0.350 e. The Morgan fingerprint density at radius 2 is 2.05 bits per heavy atom. The quantitative estimate of drug-likeness (QED) is 0.911. The fourth-order valence-corrected chi connectivity index (χ4v) is 4.22. The minimum Gasteiger partial charge on any atom is -0.350 e. The summed E-state index contributed by atoms with van der Waals surface area (Å²) in [6.07, 6.45) is 5.25. The van der Waals surface area contributed by atoms with Gasteiger partial charge in [0.2, 0.25) is 0 Å². The Bertz CT molecular complexity index is 783. The Balaban J connectivity index is 1.53. The average molecular weight is 297 g/mol. The van der Waals surface area contributed by atoms with E-state index in [0.717, 1.165) is 18.4 Å². The summed E-state index contributed by atoms with van der Waals surface area (Å²) < 4.78 is 0. The molecular formula is C17H19N3O2. The van der Waals surface area contributed by atoms with E-state index < -0.39 is 0 Å². The molecule has 5 heteroatoms. The van der Waals surface area contributed by atoms with Crippen molar-refractivity contribution in [2.45, 2.75) is 25.7 Å². The highest BCUT2D eigenvalue weighted by Crippen LogP contribution is 2.47. The summed E-state index contributed by atoms with van der Waals surface area (Å²) in [5.74, 6) is 2.07. The molecule has 22 heavy (non-hydrogen) atoms. The second-order valence-electron chi connectivity index (χ2n) is 6.59. The van der Waals surface area contributed by atoms with Gasteiger partial charge < -0.3 is 5.32 Å². The van der Waals surface area contributed by atoms with Gasteiger partial charge in [-0.25, -0.2) is 5.10 Å². The van der Waals surface area contributed by atoms with Crippen molar-refractivity contribution in [3.63, 3.8) is 0 Å². The van der Waals surface area contributed by atoms with Gasteiger partial charge in [-0.2, -0.15) is 5.10 Å². The number of nitrogens with zero attached hydrogens (tertiary/aromatic N) is 1. The number of carbonyl (C=O) groups excluding carboxylic acids is 1. The number of nitrogens with one attached hydrogen (secondary N) is 2. The van der Waals surface area contributed by atoms with Gasteiger partial charge in [-0.15, -0.1) is 0 Å². The van der Waals surface area contributed by atoms with Crippen molar-refractivity contribution in [3.8, 4) is 0 Å². The van der Waals surface area contributed by atoms with Crippen LogP contribution in [-0.4, -0.2) is 22.6 Å². The molecule has 1 amide bonds. The van der Waals surface area contributed by atoms with Gasteiger partial charge in [0, 0.05) is 11.9 Å². The van der Waals surface area contributed by atoms with E-state index >= 15 is 0 Å². The van der Waals surface area contributed by atoms with Crippen LogP contribution in [0.15, 0.2) is 29.1 Å². The van der Waals surface area contributed by atoms with E-state index in [-0.39, 0.29) is 11.5 Å². The second kappa shape index (κ2) is 5.23. The van der Waals surface area contributed by atoms with Crippen molar-refractivity contribution in [1.82, 2.24) is 15.5 Å². The van der Waals surface area contributed by atoms with E-state index in [1.165, 1.54) is 25.7 Å². The molecule has 2 fully saturated rings. The third kappa shape index (κ3) is 2.21. The number of hydrogen-bond acceptors (Lipinski definition) is 3. The molecule has 0 spiro atoms. The topological polar surface area (TPSA) is 74.8 Å². The van der Waals surface area contributed by atoms with E-state index in [4.69, 9.17) is 0 Å². The Morgan fingerprint density at radius 1 is 1.23 bits per heavy atom. The Labute approximate surface area is 128 Å². The average Bonchev–Trinajstić information content (AvgIpc) is 3.16. The van der Waals surface area contributed by atoms with Crippen LogP contribution < -0.4 is 10.9 Å². The van der Waals surface area contributed by atoms with Gasteiger partial charge in [0.1, 0.15) is 0 Å². The van der Waals surface area contributed by atoms with Crippen LogP contribution in [0.25, 0.3) is 10.8 Å². The molecule has 0 radical (unpaired) electrons. The normalized spacial score (nSPS) is 26.5. The standard InChI is InChI=1S/C17H19N3O2/c21-16-14-4-2-1-3-13(14)15(19-20-16)17(22)18-9-12-8-10-5-6-11(12)7-10/h1-4,10-12H,5-9H2,(H,18,22)(H,20,21)/t10-,11-,12+/m1/s1. The lowest BCUT2D eigenvalue weighted by atomic mass is 9.89. The lowest BCUT2D eigenvalue weighted by Crippen LogP contribution is -2.32. The monoisotopic (exact) mass is 297 g/mol. The first-order valence-corrected chi connectivity index (χ1v) is 7.98. The van der Waals surface area contributed by atoms with Gasteiger partial charge in [-0.05, 0) is 43.1 Å². The van der Waals surface area contributed by atoms with E-state index in [2.05, 4.69) is 15.5 Å². The smallest absolute Gasteiger partial charge is 0.272 e. The summed E-state index contributed by atoms with van der Waals surface area (Å²) >= 11 is 0. The lowest BCUT2D eigenvalue weighted by molar-refractivity contribution is 0.0937. The van der Waals surface area contributed by atoms with E-state index in [1.54, 1.807) is 18.2 Å². The summed E-state index contributed by atoms with van der Waals surface area (Å²) in [5.41, 5.74) is 0.0404. The minimum absolute atomic E-state index is 0.199. The van der Waals surface area contributed by atoms with Crippen molar-refractivity contribution < 1.29 is 4.79 Å². The molecule has 4 rings (SSSR count). The number of aromatic nitrogens is 2. The molecule has 114 valence electrons. The van der Waals surface area contributed by atoms with Gasteiger partial charge in [0.05, 0.1) is 5.39 Å². The van der Waals surface area contributed by atoms with Gasteiger partial charge in [0.25, 0.3) is 11.5 Å². The zero-order valence-electron chi connectivity index (χ0n) is 12.3. The summed E-state index contributed by atoms with van der Waals surface area (Å²) in [6.45, 7) is 0.717. The van der Waals surface area contributed by atoms with Crippen molar-refractivity contribution >= 4 is 16.7 Å². The Kier molecular flexibility index (Phi) is 3.21. The molecule has 2 bridgehead atoms. The Hall–Kier alpha value is -2.17. The van der Waals surface area contributed by atoms with Crippen molar-refractivity contribution in [2.24, 2.45) is 17.8 Å². The molecule has 2 aliphatic carbocycles. The molecule has 0 aliphatic heterocycles. The maximum atomic E-state index is 12.4. The van der Waals surface area contributed by atoms with E-state index in [9.17, 15) is 9.59 Å². The van der Waals surface area contributed by atoms with Crippen molar-refractivity contribution in [2.75, 3.05) is 6.54 Å². The van der Waals surface area contributed by atoms with E-state index in [1.807, 2.05) is 6.07 Å². The molecule has 5 nitrogen and oxygen atoms in total. The molecule has 2 aromatic rings. The zero-order valence-corrected chi connectivity index (χ0v) is 12.3. The fraction of sp³-hybridized carbons (Fsp3) is 0.471. The lowest BCUT2D eigenvalue weighted by Gasteiger charge is -2.21. The molecule has 3 atom stereocenters. The molecule has 2 N–H and O–H groups in total. The predicted molar refractivity (Wildman–Crippen MR) is 83.6 cm³/mol. The first-order valence-electron chi connectivity index (χ1n) is 7.98. The number of carbonyl (C=O) groups is 1. The molecule has 1 aromatic carbocycles. The fourth-order valence-electron chi connectivity index (χ4n) is 4.22. The van der Waals surface area contributed by atoms with Gasteiger partial charge >= 0.3 is 0 Å². The van der Waals surface area contributed by atoms with Crippen molar-refractivity contribution in [3.05, 3.63) is 40.3 Å². The Morgan fingerprint density at radius 3 is 2.77 bits per heavy atom.